The average Bonchev–Trinajstić information content (AvgIpc) is 2.60. The van der Waals surface area contributed by atoms with Gasteiger partial charge in [0, 0.05) is 11.6 Å². The summed E-state index contributed by atoms with van der Waals surface area (Å²) in [5.74, 6) is -2.47. The molecule has 0 fully saturated rings. The van der Waals surface area contributed by atoms with Crippen LogP contribution in [0.5, 0.6) is 5.75 Å². The molecule has 0 aliphatic rings. The van der Waals surface area contributed by atoms with Gasteiger partial charge in [-0.1, -0.05) is 30.3 Å². The number of halogens is 2. The molecule has 2 amide bonds. The number of carbonyl (C=O) groups excluding carboxylic acids is 2. The Kier molecular flexibility index (Phi) is 6.22. The molecule has 0 heterocycles. The van der Waals surface area contributed by atoms with E-state index in [2.05, 4.69) is 10.9 Å². The van der Waals surface area contributed by atoms with Crippen molar-refractivity contribution in [2.75, 3.05) is 0 Å². The fourth-order valence-electron chi connectivity index (χ4n) is 1.83. The highest BCUT2D eigenvalue weighted by Gasteiger charge is 2.16. The molecule has 25 heavy (non-hydrogen) atoms. The zero-order valence-corrected chi connectivity index (χ0v) is 13.3. The monoisotopic (exact) mass is 346 g/mol. The van der Waals surface area contributed by atoms with E-state index in [9.17, 15) is 18.4 Å². The lowest BCUT2D eigenvalue weighted by molar-refractivity contribution is -0.131. The highest BCUT2D eigenvalue weighted by molar-refractivity contribution is 5.93. The van der Waals surface area contributed by atoms with Gasteiger partial charge in [0.15, 0.2) is 17.7 Å². The van der Waals surface area contributed by atoms with E-state index in [1.54, 1.807) is 12.1 Å². The first-order valence-corrected chi connectivity index (χ1v) is 7.41. The number of carbonyl (C=O) groups is 2. The molecule has 0 spiro atoms. The van der Waals surface area contributed by atoms with Crippen molar-refractivity contribution in [2.24, 2.45) is 0 Å². The summed E-state index contributed by atoms with van der Waals surface area (Å²) >= 11 is 0. The Hall–Kier alpha value is -3.22. The molecule has 5 nitrogen and oxygen atoms in total. The number of benzene rings is 2. The maximum atomic E-state index is 13.5. The summed E-state index contributed by atoms with van der Waals surface area (Å²) in [6.45, 7) is 1.41. The molecule has 130 valence electrons. The van der Waals surface area contributed by atoms with E-state index in [1.165, 1.54) is 49.4 Å². The van der Waals surface area contributed by atoms with E-state index in [0.717, 1.165) is 6.08 Å². The minimum atomic E-state index is -1.03. The Bertz CT molecular complexity index is 793. The Labute approximate surface area is 143 Å². The number of para-hydroxylation sites is 1. The second-order valence-electron chi connectivity index (χ2n) is 5.02. The van der Waals surface area contributed by atoms with E-state index in [0.29, 0.717) is 0 Å². The van der Waals surface area contributed by atoms with Crippen LogP contribution in [0.15, 0.2) is 54.6 Å². The quantitative estimate of drug-likeness (QED) is 0.646. The smallest absolute Gasteiger partial charge is 0.279 e. The second kappa shape index (κ2) is 8.58. The molecule has 0 saturated heterocycles. The van der Waals surface area contributed by atoms with E-state index in [-0.39, 0.29) is 11.3 Å². The van der Waals surface area contributed by atoms with E-state index < -0.39 is 29.6 Å². The Balaban J connectivity index is 1.83. The maximum absolute atomic E-state index is 13.5. The van der Waals surface area contributed by atoms with Gasteiger partial charge in [0.05, 0.1) is 0 Å². The molecule has 0 aliphatic carbocycles. The summed E-state index contributed by atoms with van der Waals surface area (Å²) in [5.41, 5.74) is 4.51. The molecule has 0 saturated carbocycles. The third kappa shape index (κ3) is 5.42. The largest absolute Gasteiger partial charge is 0.478 e. The fourth-order valence-corrected chi connectivity index (χ4v) is 1.83. The van der Waals surface area contributed by atoms with Crippen LogP contribution in [-0.4, -0.2) is 17.9 Å². The molecule has 1 atom stereocenters. The molecule has 7 heteroatoms. The summed E-state index contributed by atoms with van der Waals surface area (Å²) in [4.78, 5) is 23.5. The van der Waals surface area contributed by atoms with Crippen LogP contribution < -0.4 is 15.6 Å². The Morgan fingerprint density at radius 2 is 1.64 bits per heavy atom. The fraction of sp³-hybridized carbons (Fsp3) is 0.111. The third-order valence-electron chi connectivity index (χ3n) is 3.14. The minimum absolute atomic E-state index is 0.0732. The first kappa shape index (κ1) is 18.1. The molecule has 2 aromatic rings. The van der Waals surface area contributed by atoms with Gasteiger partial charge in [-0.25, -0.2) is 8.78 Å². The van der Waals surface area contributed by atoms with Crippen LogP contribution in [0.1, 0.15) is 12.5 Å². The molecule has 0 bridgehead atoms. The number of hydrazine groups is 1. The first-order chi connectivity index (χ1) is 12.0. The molecule has 0 aromatic heterocycles. The van der Waals surface area contributed by atoms with Crippen LogP contribution in [-0.2, 0) is 9.59 Å². The van der Waals surface area contributed by atoms with Gasteiger partial charge in [0.1, 0.15) is 5.82 Å². The zero-order valence-electron chi connectivity index (χ0n) is 13.3. The zero-order chi connectivity index (χ0) is 18.2. The van der Waals surface area contributed by atoms with E-state index >= 15 is 0 Å². The summed E-state index contributed by atoms with van der Waals surface area (Å²) < 4.78 is 32.0. The highest BCUT2D eigenvalue weighted by Crippen LogP contribution is 2.16. The third-order valence-corrected chi connectivity index (χ3v) is 3.14. The van der Waals surface area contributed by atoms with E-state index in [4.69, 9.17) is 4.74 Å². The number of hydrogen-bond donors (Lipinski definition) is 2. The lowest BCUT2D eigenvalue weighted by Gasteiger charge is -2.15. The number of ether oxygens (including phenoxy) is 1. The van der Waals surface area contributed by atoms with Crippen LogP contribution in [0.2, 0.25) is 0 Å². The number of nitrogens with one attached hydrogen (secondary N) is 2. The molecule has 0 radical (unpaired) electrons. The Morgan fingerprint density at radius 3 is 2.32 bits per heavy atom. The van der Waals surface area contributed by atoms with Gasteiger partial charge in [-0.2, -0.15) is 0 Å². The number of hydrogen-bond acceptors (Lipinski definition) is 3. The van der Waals surface area contributed by atoms with Crippen molar-refractivity contribution in [3.05, 3.63) is 71.8 Å². The molecular weight excluding hydrogens is 330 g/mol. The lowest BCUT2D eigenvalue weighted by Crippen LogP contribution is -2.46. The molecule has 0 aliphatic heterocycles. The van der Waals surface area contributed by atoms with Crippen molar-refractivity contribution in [2.45, 2.75) is 13.0 Å². The van der Waals surface area contributed by atoms with Crippen LogP contribution >= 0.6 is 0 Å². The normalized spacial score (nSPS) is 11.8. The van der Waals surface area contributed by atoms with Crippen molar-refractivity contribution in [3.8, 4) is 5.75 Å². The van der Waals surface area contributed by atoms with Crippen molar-refractivity contribution in [1.29, 1.82) is 0 Å². The van der Waals surface area contributed by atoms with Gasteiger partial charge in [0.25, 0.3) is 11.8 Å². The van der Waals surface area contributed by atoms with Crippen molar-refractivity contribution in [3.63, 3.8) is 0 Å². The summed E-state index contributed by atoms with van der Waals surface area (Å²) in [7, 11) is 0. The van der Waals surface area contributed by atoms with Gasteiger partial charge in [-0.05, 0) is 31.2 Å². The molecular formula is C18H16F2N2O3. The molecule has 2 aromatic carbocycles. The van der Waals surface area contributed by atoms with Gasteiger partial charge in [-0.15, -0.1) is 0 Å². The Morgan fingerprint density at radius 1 is 1.00 bits per heavy atom. The van der Waals surface area contributed by atoms with Crippen LogP contribution in [0.3, 0.4) is 0 Å². The summed E-state index contributed by atoms with van der Waals surface area (Å²) in [6, 6.07) is 11.6. The number of rotatable bonds is 5. The standard InChI is InChI=1S/C18H16F2N2O3/c1-12(25-16-9-5-4-8-15(16)20)18(24)22-21-17(23)11-10-13-6-2-3-7-14(13)19/h2-12H,1H3,(H,21,23)(H,22,24)/b11-10+/t12-/m0/s1. The van der Waals surface area contributed by atoms with Crippen LogP contribution in [0.4, 0.5) is 8.78 Å². The van der Waals surface area contributed by atoms with Crippen LogP contribution in [0, 0.1) is 11.6 Å². The molecule has 2 rings (SSSR count). The lowest BCUT2D eigenvalue weighted by atomic mass is 10.2. The van der Waals surface area contributed by atoms with Gasteiger partial charge in [0.2, 0.25) is 0 Å². The summed E-state index contributed by atoms with van der Waals surface area (Å²) in [5, 5.41) is 0. The average molecular weight is 346 g/mol. The number of amides is 2. The van der Waals surface area contributed by atoms with Crippen LogP contribution in [0.25, 0.3) is 6.08 Å². The SMILES string of the molecule is C[C@H](Oc1ccccc1F)C(=O)NNC(=O)/C=C/c1ccccc1F. The van der Waals surface area contributed by atoms with Crippen molar-refractivity contribution in [1.82, 2.24) is 10.9 Å². The topological polar surface area (TPSA) is 67.4 Å². The predicted molar refractivity (Wildman–Crippen MR) is 88.2 cm³/mol. The first-order valence-electron chi connectivity index (χ1n) is 7.41. The second-order valence-corrected chi connectivity index (χ2v) is 5.02. The molecule has 0 unspecified atom stereocenters. The van der Waals surface area contributed by atoms with Gasteiger partial charge < -0.3 is 4.74 Å². The predicted octanol–water partition coefficient (Wildman–Crippen LogP) is 2.59. The minimum Gasteiger partial charge on any atom is -0.478 e. The van der Waals surface area contributed by atoms with Gasteiger partial charge in [-0.3, -0.25) is 20.4 Å². The summed E-state index contributed by atoms with van der Waals surface area (Å²) in [6.07, 6.45) is 1.31. The van der Waals surface area contributed by atoms with Gasteiger partial charge >= 0.3 is 0 Å². The molecule has 2 N–H and O–H groups in total. The highest BCUT2D eigenvalue weighted by atomic mass is 19.1. The van der Waals surface area contributed by atoms with E-state index in [1.807, 2.05) is 0 Å². The van der Waals surface area contributed by atoms with Crippen molar-refractivity contribution < 1.29 is 23.1 Å². The van der Waals surface area contributed by atoms with Crippen molar-refractivity contribution >= 4 is 17.9 Å². The maximum Gasteiger partial charge on any atom is 0.279 e.